The average Bonchev–Trinajstić information content (AvgIpc) is 2.29. The normalized spacial score (nSPS) is 15.5. The van der Waals surface area contributed by atoms with Gasteiger partial charge in [-0.1, -0.05) is 24.1 Å². The number of hydrogen-bond donors (Lipinski definition) is 1. The standard InChI is InChI=1S/C13H17ClN2O3/c14-12-5-4-10(8-13(12)16(18)19)9-15(6-7-17)11-2-1-3-11/h4-5,8,11,17H,1-3,6-7,9H2. The Morgan fingerprint density at radius 1 is 1.47 bits per heavy atom. The van der Waals surface area contributed by atoms with Crippen LogP contribution in [0.25, 0.3) is 0 Å². The van der Waals surface area contributed by atoms with Gasteiger partial charge in [0.15, 0.2) is 0 Å². The van der Waals surface area contributed by atoms with Gasteiger partial charge in [0.05, 0.1) is 11.5 Å². The molecule has 0 amide bonds. The van der Waals surface area contributed by atoms with Crippen LogP contribution in [-0.2, 0) is 6.54 Å². The first-order valence-corrected chi connectivity index (χ1v) is 6.77. The van der Waals surface area contributed by atoms with E-state index in [-0.39, 0.29) is 17.3 Å². The summed E-state index contributed by atoms with van der Waals surface area (Å²) in [6.45, 7) is 1.32. The molecule has 1 fully saturated rings. The summed E-state index contributed by atoms with van der Waals surface area (Å²) in [5, 5.41) is 20.1. The minimum Gasteiger partial charge on any atom is -0.395 e. The lowest BCUT2D eigenvalue weighted by Gasteiger charge is -2.37. The Kier molecular flexibility index (Phi) is 4.74. The maximum Gasteiger partial charge on any atom is 0.288 e. The maximum atomic E-state index is 10.9. The van der Waals surface area contributed by atoms with Crippen molar-refractivity contribution in [3.63, 3.8) is 0 Å². The molecule has 6 heteroatoms. The van der Waals surface area contributed by atoms with Crippen LogP contribution < -0.4 is 0 Å². The van der Waals surface area contributed by atoms with Crippen molar-refractivity contribution < 1.29 is 10.0 Å². The van der Waals surface area contributed by atoms with Gasteiger partial charge in [0, 0.05) is 25.2 Å². The van der Waals surface area contributed by atoms with Gasteiger partial charge in [-0.3, -0.25) is 15.0 Å². The Labute approximate surface area is 116 Å². The summed E-state index contributed by atoms with van der Waals surface area (Å²) in [5.74, 6) is 0. The second-order valence-corrected chi connectivity index (χ2v) is 5.23. The molecule has 1 aromatic carbocycles. The highest BCUT2D eigenvalue weighted by Gasteiger charge is 2.25. The fourth-order valence-electron chi connectivity index (χ4n) is 2.30. The third-order valence-corrected chi connectivity index (χ3v) is 3.89. The zero-order valence-electron chi connectivity index (χ0n) is 10.6. The Bertz CT molecular complexity index is 463. The number of aliphatic hydroxyl groups excluding tert-OH is 1. The number of nitrogens with zero attached hydrogens (tertiary/aromatic N) is 2. The lowest BCUT2D eigenvalue weighted by molar-refractivity contribution is -0.384. The van der Waals surface area contributed by atoms with E-state index in [0.717, 1.165) is 18.4 Å². The largest absolute Gasteiger partial charge is 0.395 e. The molecular formula is C13H17ClN2O3. The lowest BCUT2D eigenvalue weighted by atomic mass is 9.91. The van der Waals surface area contributed by atoms with Crippen molar-refractivity contribution in [2.75, 3.05) is 13.2 Å². The smallest absolute Gasteiger partial charge is 0.288 e. The molecule has 5 nitrogen and oxygen atoms in total. The predicted molar refractivity (Wildman–Crippen MR) is 73.2 cm³/mol. The first kappa shape index (κ1) is 14.2. The molecule has 19 heavy (non-hydrogen) atoms. The molecule has 1 saturated carbocycles. The molecule has 1 aliphatic rings. The van der Waals surface area contributed by atoms with Gasteiger partial charge < -0.3 is 5.11 Å². The minimum atomic E-state index is -0.467. The van der Waals surface area contributed by atoms with Crippen molar-refractivity contribution in [1.29, 1.82) is 0 Å². The van der Waals surface area contributed by atoms with Gasteiger partial charge in [0.25, 0.3) is 5.69 Å². The molecule has 0 atom stereocenters. The van der Waals surface area contributed by atoms with Gasteiger partial charge in [-0.05, 0) is 24.5 Å². The third kappa shape index (κ3) is 3.43. The number of nitro benzene ring substituents is 1. The second-order valence-electron chi connectivity index (χ2n) is 4.82. The maximum absolute atomic E-state index is 10.9. The van der Waals surface area contributed by atoms with Crippen molar-refractivity contribution in [2.45, 2.75) is 31.8 Å². The summed E-state index contributed by atoms with van der Waals surface area (Å²) < 4.78 is 0. The van der Waals surface area contributed by atoms with Crippen molar-refractivity contribution in [3.05, 3.63) is 38.9 Å². The third-order valence-electron chi connectivity index (χ3n) is 3.57. The molecule has 2 rings (SSSR count). The Balaban J connectivity index is 2.12. The van der Waals surface area contributed by atoms with Crippen LogP contribution in [0.4, 0.5) is 5.69 Å². The van der Waals surface area contributed by atoms with E-state index >= 15 is 0 Å². The lowest BCUT2D eigenvalue weighted by Crippen LogP contribution is -2.41. The Morgan fingerprint density at radius 2 is 2.21 bits per heavy atom. The molecule has 0 aliphatic heterocycles. The molecule has 0 unspecified atom stereocenters. The molecule has 0 bridgehead atoms. The first-order chi connectivity index (χ1) is 9.11. The zero-order chi connectivity index (χ0) is 13.8. The monoisotopic (exact) mass is 284 g/mol. The van der Waals surface area contributed by atoms with Crippen LogP contribution in [0.1, 0.15) is 24.8 Å². The zero-order valence-corrected chi connectivity index (χ0v) is 11.3. The molecule has 0 aromatic heterocycles. The fraction of sp³-hybridized carbons (Fsp3) is 0.538. The second kappa shape index (κ2) is 6.32. The van der Waals surface area contributed by atoms with Gasteiger partial charge in [0.1, 0.15) is 5.02 Å². The van der Waals surface area contributed by atoms with Crippen LogP contribution in [0.15, 0.2) is 18.2 Å². The number of rotatable bonds is 6. The van der Waals surface area contributed by atoms with E-state index in [1.165, 1.54) is 12.5 Å². The van der Waals surface area contributed by atoms with E-state index in [1.807, 2.05) is 0 Å². The van der Waals surface area contributed by atoms with Gasteiger partial charge in [0.2, 0.25) is 0 Å². The van der Waals surface area contributed by atoms with E-state index in [0.29, 0.717) is 19.1 Å². The van der Waals surface area contributed by atoms with Gasteiger partial charge in [-0.2, -0.15) is 0 Å². The van der Waals surface area contributed by atoms with Crippen molar-refractivity contribution in [3.8, 4) is 0 Å². The summed E-state index contributed by atoms with van der Waals surface area (Å²) in [6.07, 6.45) is 3.48. The topological polar surface area (TPSA) is 66.6 Å². The summed E-state index contributed by atoms with van der Waals surface area (Å²) >= 11 is 5.79. The number of hydrogen-bond acceptors (Lipinski definition) is 4. The molecule has 1 aliphatic carbocycles. The van der Waals surface area contributed by atoms with Crippen molar-refractivity contribution in [1.82, 2.24) is 4.90 Å². The SMILES string of the molecule is O=[N+]([O-])c1cc(CN(CCO)C2CCC2)ccc1Cl. The van der Waals surface area contributed by atoms with E-state index < -0.39 is 4.92 Å². The van der Waals surface area contributed by atoms with Crippen LogP contribution in [0.3, 0.4) is 0 Å². The summed E-state index contributed by atoms with van der Waals surface area (Å²) in [7, 11) is 0. The minimum absolute atomic E-state index is 0.0586. The van der Waals surface area contributed by atoms with Crippen LogP contribution in [-0.4, -0.2) is 34.1 Å². The molecule has 1 N–H and O–H groups in total. The van der Waals surface area contributed by atoms with E-state index in [9.17, 15) is 10.1 Å². The van der Waals surface area contributed by atoms with Crippen LogP contribution in [0, 0.1) is 10.1 Å². The Hall–Kier alpha value is -1.17. The predicted octanol–water partition coefficient (Wildman–Crippen LogP) is 2.60. The van der Waals surface area contributed by atoms with Crippen LogP contribution in [0.2, 0.25) is 5.02 Å². The average molecular weight is 285 g/mol. The van der Waals surface area contributed by atoms with E-state index in [4.69, 9.17) is 16.7 Å². The highest BCUT2D eigenvalue weighted by Crippen LogP contribution is 2.29. The van der Waals surface area contributed by atoms with E-state index in [1.54, 1.807) is 12.1 Å². The molecule has 0 saturated heterocycles. The number of aliphatic hydroxyl groups is 1. The van der Waals surface area contributed by atoms with E-state index in [2.05, 4.69) is 4.90 Å². The quantitative estimate of drug-likeness (QED) is 0.644. The highest BCUT2D eigenvalue weighted by molar-refractivity contribution is 6.32. The van der Waals surface area contributed by atoms with Crippen molar-refractivity contribution in [2.24, 2.45) is 0 Å². The van der Waals surface area contributed by atoms with Crippen molar-refractivity contribution >= 4 is 17.3 Å². The fourth-order valence-corrected chi connectivity index (χ4v) is 2.49. The van der Waals surface area contributed by atoms with Gasteiger partial charge in [-0.15, -0.1) is 0 Å². The molecule has 0 heterocycles. The molecule has 1 aromatic rings. The summed E-state index contributed by atoms with van der Waals surface area (Å²) in [6, 6.07) is 5.37. The van der Waals surface area contributed by atoms with Gasteiger partial charge in [-0.25, -0.2) is 0 Å². The first-order valence-electron chi connectivity index (χ1n) is 6.39. The van der Waals surface area contributed by atoms with Crippen LogP contribution >= 0.6 is 11.6 Å². The Morgan fingerprint density at radius 3 is 2.74 bits per heavy atom. The summed E-state index contributed by atoms with van der Waals surface area (Å²) in [5.41, 5.74) is 0.799. The van der Waals surface area contributed by atoms with Gasteiger partial charge >= 0.3 is 0 Å². The molecule has 0 radical (unpaired) electrons. The number of nitro groups is 1. The summed E-state index contributed by atoms with van der Waals surface area (Å²) in [4.78, 5) is 12.6. The molecule has 0 spiro atoms. The highest BCUT2D eigenvalue weighted by atomic mass is 35.5. The van der Waals surface area contributed by atoms with Crippen LogP contribution in [0.5, 0.6) is 0 Å². The number of halogens is 1. The molecular weight excluding hydrogens is 268 g/mol. The molecule has 104 valence electrons. The number of benzene rings is 1.